The second-order valence-corrected chi connectivity index (χ2v) is 16.4. The van der Waals surface area contributed by atoms with Gasteiger partial charge in [0, 0.05) is 51.2 Å². The van der Waals surface area contributed by atoms with Gasteiger partial charge in [-0.3, -0.25) is 9.59 Å². The molecule has 4 aromatic rings. The Labute approximate surface area is 336 Å². The molecule has 4 fully saturated rings. The third kappa shape index (κ3) is 6.39. The van der Waals surface area contributed by atoms with Crippen LogP contribution in [0.15, 0.2) is 97.1 Å². The molecular formula is C46H46N2O10. The first-order chi connectivity index (χ1) is 28.2. The van der Waals surface area contributed by atoms with E-state index >= 15 is 0 Å². The van der Waals surface area contributed by atoms with Gasteiger partial charge in [0.15, 0.2) is 0 Å². The summed E-state index contributed by atoms with van der Waals surface area (Å²) in [6.07, 6.45) is 0.419. The first-order valence-electron chi connectivity index (χ1n) is 20.0. The van der Waals surface area contributed by atoms with Gasteiger partial charge in [0.2, 0.25) is 0 Å². The molecule has 4 saturated heterocycles. The second kappa shape index (κ2) is 15.2. The van der Waals surface area contributed by atoms with Crippen LogP contribution >= 0.6 is 0 Å². The van der Waals surface area contributed by atoms with E-state index in [0.717, 1.165) is 22.3 Å². The van der Waals surface area contributed by atoms with Crippen molar-refractivity contribution in [3.63, 3.8) is 0 Å². The van der Waals surface area contributed by atoms with Gasteiger partial charge >= 0.3 is 24.1 Å². The zero-order valence-corrected chi connectivity index (χ0v) is 32.1. The molecule has 0 saturated carbocycles. The molecule has 2 aliphatic carbocycles. The van der Waals surface area contributed by atoms with Gasteiger partial charge in [-0.15, -0.1) is 0 Å². The van der Waals surface area contributed by atoms with E-state index in [4.69, 9.17) is 18.9 Å². The van der Waals surface area contributed by atoms with E-state index in [-0.39, 0.29) is 63.2 Å². The molecule has 2 amide bonds. The summed E-state index contributed by atoms with van der Waals surface area (Å²) in [5, 5.41) is 19.5. The first kappa shape index (κ1) is 37.8. The van der Waals surface area contributed by atoms with Gasteiger partial charge in [-0.25, -0.2) is 9.59 Å². The Kier molecular flexibility index (Phi) is 9.93. The number of carboxylic acids is 2. The summed E-state index contributed by atoms with van der Waals surface area (Å²) in [6.45, 7) is 2.97. The predicted molar refractivity (Wildman–Crippen MR) is 211 cm³/mol. The van der Waals surface area contributed by atoms with Crippen LogP contribution in [0, 0.1) is 22.7 Å². The summed E-state index contributed by atoms with van der Waals surface area (Å²) < 4.78 is 22.3. The minimum absolute atomic E-state index is 0.00648. The Morgan fingerprint density at radius 3 is 1.19 bits per heavy atom. The molecule has 2 N–H and O–H groups in total. The third-order valence-corrected chi connectivity index (χ3v) is 13.4. The first-order valence-corrected chi connectivity index (χ1v) is 20.0. The molecule has 300 valence electrons. The molecular weight excluding hydrogens is 741 g/mol. The number of nitrogens with zero attached hydrogens (tertiary/aromatic N) is 2. The van der Waals surface area contributed by atoms with E-state index in [9.17, 15) is 29.4 Å². The van der Waals surface area contributed by atoms with Gasteiger partial charge in [0.25, 0.3) is 0 Å². The van der Waals surface area contributed by atoms with Crippen LogP contribution in [-0.4, -0.2) is 110 Å². The fraction of sp³-hybridized carbons (Fsp3) is 0.391. The topological polar surface area (TPSA) is 152 Å². The van der Waals surface area contributed by atoms with Crippen molar-refractivity contribution in [2.45, 2.75) is 24.7 Å². The Balaban J connectivity index is 0.000000150. The van der Waals surface area contributed by atoms with E-state index < -0.39 is 35.0 Å². The minimum atomic E-state index is -1.01. The summed E-state index contributed by atoms with van der Waals surface area (Å²) in [6, 6.07) is 32.8. The number of aliphatic carboxylic acids is 2. The lowest BCUT2D eigenvalue weighted by Crippen LogP contribution is -2.46. The standard InChI is InChI=1S/2C23H23NO5/c2*25-21(26)23-13-24(11-15(23)9-10-28-14-23)22(27)29-12-20-18-7-3-1-5-16(18)17-6-2-4-8-19(17)20/h2*1-8,15,20H,9-14H2,(H,25,26)/t2*15-,23+/m10/s1. The highest BCUT2D eigenvalue weighted by molar-refractivity contribution is 5.82. The van der Waals surface area contributed by atoms with E-state index in [1.807, 2.05) is 48.5 Å². The largest absolute Gasteiger partial charge is 0.481 e. The van der Waals surface area contributed by atoms with Crippen LogP contribution in [0.3, 0.4) is 0 Å². The van der Waals surface area contributed by atoms with Crippen molar-refractivity contribution in [1.82, 2.24) is 9.80 Å². The summed E-state index contributed by atoms with van der Waals surface area (Å²) in [5.74, 6) is -1.98. The number of carboxylic acid groups (broad SMARTS) is 2. The molecule has 4 aliphatic heterocycles. The maximum Gasteiger partial charge on any atom is 0.409 e. The van der Waals surface area contributed by atoms with Gasteiger partial charge in [-0.05, 0) is 69.2 Å². The van der Waals surface area contributed by atoms with Crippen molar-refractivity contribution in [2.24, 2.45) is 22.7 Å². The van der Waals surface area contributed by atoms with Gasteiger partial charge in [-0.1, -0.05) is 97.1 Å². The molecule has 6 aliphatic rings. The summed E-state index contributed by atoms with van der Waals surface area (Å²) in [4.78, 5) is 52.5. The molecule has 12 nitrogen and oxygen atoms in total. The van der Waals surface area contributed by atoms with Gasteiger partial charge < -0.3 is 39.0 Å². The van der Waals surface area contributed by atoms with Crippen LogP contribution in [0.1, 0.15) is 46.9 Å². The number of rotatable bonds is 6. The molecule has 0 unspecified atom stereocenters. The lowest BCUT2D eigenvalue weighted by molar-refractivity contribution is -0.160. The SMILES string of the molecule is O=C(OCC1c2ccccc2-c2ccccc21)N1C[C@@H]2CCOC[C@]2(C(=O)O)C1.O=C(OCC1c2ccccc2-c2ccccc21)N1C[C@H]2CCOC[C@@]2(C(=O)O)C1. The van der Waals surface area contributed by atoms with E-state index in [0.29, 0.717) is 39.1 Å². The lowest BCUT2D eigenvalue weighted by Gasteiger charge is -2.33. The van der Waals surface area contributed by atoms with Crippen LogP contribution in [0.2, 0.25) is 0 Å². The number of carbonyl (C=O) groups excluding carboxylic acids is 2. The van der Waals surface area contributed by atoms with Crippen molar-refractivity contribution in [1.29, 1.82) is 0 Å². The molecule has 0 spiro atoms. The van der Waals surface area contributed by atoms with Crippen molar-refractivity contribution < 1.29 is 48.3 Å². The maximum atomic E-state index is 12.8. The fourth-order valence-electron chi connectivity index (χ4n) is 10.2. The van der Waals surface area contributed by atoms with E-state index in [1.165, 1.54) is 22.3 Å². The molecule has 4 heterocycles. The third-order valence-electron chi connectivity index (χ3n) is 13.4. The van der Waals surface area contributed by atoms with Crippen LogP contribution in [0.25, 0.3) is 22.3 Å². The molecule has 0 radical (unpaired) electrons. The Bertz CT molecular complexity index is 2010. The normalized spacial score (nSPS) is 25.2. The summed E-state index contributed by atoms with van der Waals surface area (Å²) >= 11 is 0. The quantitative estimate of drug-likeness (QED) is 0.216. The second-order valence-electron chi connectivity index (χ2n) is 16.4. The summed E-state index contributed by atoms with van der Waals surface area (Å²) in [7, 11) is 0. The van der Waals surface area contributed by atoms with Gasteiger partial charge in [0.05, 0.1) is 13.2 Å². The summed E-state index contributed by atoms with van der Waals surface area (Å²) in [5.41, 5.74) is 7.33. The molecule has 58 heavy (non-hydrogen) atoms. The Morgan fingerprint density at radius 1 is 0.552 bits per heavy atom. The highest BCUT2D eigenvalue weighted by Gasteiger charge is 2.57. The highest BCUT2D eigenvalue weighted by atomic mass is 16.6. The van der Waals surface area contributed by atoms with Crippen LogP contribution in [0.5, 0.6) is 0 Å². The maximum absolute atomic E-state index is 12.8. The number of ether oxygens (including phenoxy) is 4. The number of fused-ring (bicyclic) bond motifs is 8. The zero-order chi connectivity index (χ0) is 40.0. The van der Waals surface area contributed by atoms with E-state index in [2.05, 4.69) is 48.5 Å². The average Bonchev–Trinajstić information content (AvgIpc) is 4.01. The van der Waals surface area contributed by atoms with E-state index in [1.54, 1.807) is 9.80 Å². The van der Waals surface area contributed by atoms with Crippen LogP contribution < -0.4 is 0 Å². The van der Waals surface area contributed by atoms with Crippen LogP contribution in [0.4, 0.5) is 9.59 Å². The highest BCUT2D eigenvalue weighted by Crippen LogP contribution is 2.47. The number of carbonyl (C=O) groups is 4. The van der Waals surface area contributed by atoms with Gasteiger partial charge in [-0.2, -0.15) is 0 Å². The Hall–Kier alpha value is -5.72. The van der Waals surface area contributed by atoms with Crippen molar-refractivity contribution >= 4 is 24.1 Å². The number of amides is 2. The van der Waals surface area contributed by atoms with Crippen molar-refractivity contribution in [3.8, 4) is 22.3 Å². The molecule has 0 bridgehead atoms. The van der Waals surface area contributed by atoms with Crippen LogP contribution in [-0.2, 0) is 28.5 Å². The Morgan fingerprint density at radius 2 is 0.879 bits per heavy atom. The minimum Gasteiger partial charge on any atom is -0.481 e. The number of hydrogen-bond donors (Lipinski definition) is 2. The number of likely N-dealkylation sites (tertiary alicyclic amines) is 2. The molecule has 10 rings (SSSR count). The fourth-order valence-corrected chi connectivity index (χ4v) is 10.2. The zero-order valence-electron chi connectivity index (χ0n) is 32.1. The smallest absolute Gasteiger partial charge is 0.409 e. The molecule has 4 atom stereocenters. The monoisotopic (exact) mass is 786 g/mol. The predicted octanol–water partition coefficient (Wildman–Crippen LogP) is 6.72. The van der Waals surface area contributed by atoms with Gasteiger partial charge in [0.1, 0.15) is 24.0 Å². The van der Waals surface area contributed by atoms with Crippen molar-refractivity contribution in [2.75, 3.05) is 65.8 Å². The number of hydrogen-bond acceptors (Lipinski definition) is 8. The lowest BCUT2D eigenvalue weighted by atomic mass is 9.76. The average molecular weight is 787 g/mol. The number of benzene rings is 4. The molecule has 12 heteroatoms. The molecule has 0 aromatic heterocycles. The van der Waals surface area contributed by atoms with Crippen molar-refractivity contribution in [3.05, 3.63) is 119 Å². The molecule has 4 aromatic carbocycles.